The molecule has 108 valence electrons. The summed E-state index contributed by atoms with van der Waals surface area (Å²) in [4.78, 5) is 25.3. The number of carbonyl (C=O) groups is 2. The van der Waals surface area contributed by atoms with Crippen molar-refractivity contribution in [3.63, 3.8) is 0 Å². The molecule has 0 radical (unpaired) electrons. The number of carbonyl (C=O) groups excluding carboxylic acids is 1. The Morgan fingerprint density at radius 3 is 2.71 bits per heavy atom. The lowest BCUT2D eigenvalue weighted by Gasteiger charge is -2.24. The Bertz CT molecular complexity index is 643. The minimum atomic E-state index is -1.08. The van der Waals surface area contributed by atoms with Gasteiger partial charge in [-0.1, -0.05) is 49.1 Å². The molecule has 1 atom stereocenters. The molecule has 0 bridgehead atoms. The van der Waals surface area contributed by atoms with Gasteiger partial charge in [0.05, 0.1) is 0 Å². The molecule has 4 heteroatoms. The van der Waals surface area contributed by atoms with Crippen LogP contribution in [0, 0.1) is 0 Å². The summed E-state index contributed by atoms with van der Waals surface area (Å²) in [5.74, 6) is -1.34. The van der Waals surface area contributed by atoms with Crippen LogP contribution in [0.2, 0.25) is 0 Å². The van der Waals surface area contributed by atoms with Gasteiger partial charge < -0.3 is 10.0 Å². The summed E-state index contributed by atoms with van der Waals surface area (Å²) in [7, 11) is 0. The molecule has 0 spiro atoms. The Hall–Kier alpha value is -2.62. The van der Waals surface area contributed by atoms with E-state index in [1.165, 1.54) is 4.90 Å². The van der Waals surface area contributed by atoms with Crippen molar-refractivity contribution in [2.75, 3.05) is 0 Å². The van der Waals surface area contributed by atoms with E-state index < -0.39 is 12.0 Å². The SMILES string of the molecule is C=C(/C=C\C=C/C)[C@H](C(=O)O)N1Cc2ccccc2C1=O. The molecule has 1 heterocycles. The molecule has 0 saturated carbocycles. The zero-order valence-electron chi connectivity index (χ0n) is 11.8. The highest BCUT2D eigenvalue weighted by Gasteiger charge is 2.36. The summed E-state index contributed by atoms with van der Waals surface area (Å²) in [6, 6.07) is 6.12. The van der Waals surface area contributed by atoms with Crippen molar-refractivity contribution in [3.8, 4) is 0 Å². The number of aliphatic carboxylic acids is 1. The molecule has 0 aliphatic carbocycles. The monoisotopic (exact) mass is 283 g/mol. The van der Waals surface area contributed by atoms with E-state index in [1.54, 1.807) is 30.4 Å². The summed E-state index contributed by atoms with van der Waals surface area (Å²) < 4.78 is 0. The standard InChI is InChI=1S/C17H17NO3/c1-3-4-5-8-12(2)15(17(20)21)18-11-13-9-6-7-10-14(13)16(18)19/h3-10,15H,2,11H2,1H3,(H,20,21)/b4-3-,8-5-/t15-/m1/s1. The number of benzene rings is 1. The summed E-state index contributed by atoms with van der Waals surface area (Å²) in [6.07, 6.45) is 6.95. The zero-order valence-corrected chi connectivity index (χ0v) is 11.8. The van der Waals surface area contributed by atoms with E-state index in [9.17, 15) is 14.7 Å². The average Bonchev–Trinajstić information content (AvgIpc) is 2.77. The Balaban J connectivity index is 2.27. The smallest absolute Gasteiger partial charge is 0.331 e. The van der Waals surface area contributed by atoms with Crippen molar-refractivity contribution in [2.45, 2.75) is 19.5 Å². The Kier molecular flexibility index (Phi) is 4.38. The number of amides is 1. The molecule has 21 heavy (non-hydrogen) atoms. The summed E-state index contributed by atoms with van der Waals surface area (Å²) >= 11 is 0. The number of fused-ring (bicyclic) bond motifs is 1. The second-order valence-electron chi connectivity index (χ2n) is 4.79. The maximum Gasteiger partial charge on any atom is 0.331 e. The molecule has 4 nitrogen and oxygen atoms in total. The molecule has 1 aromatic carbocycles. The van der Waals surface area contributed by atoms with Gasteiger partial charge in [0.25, 0.3) is 5.91 Å². The van der Waals surface area contributed by atoms with Crippen LogP contribution in [0.25, 0.3) is 0 Å². The van der Waals surface area contributed by atoms with E-state index in [-0.39, 0.29) is 5.91 Å². The molecule has 1 amide bonds. The van der Waals surface area contributed by atoms with Crippen molar-refractivity contribution in [3.05, 3.63) is 71.8 Å². The summed E-state index contributed by atoms with van der Waals surface area (Å²) in [5.41, 5.74) is 1.79. The Labute approximate surface area is 123 Å². The average molecular weight is 283 g/mol. The predicted molar refractivity (Wildman–Crippen MR) is 80.8 cm³/mol. The first-order valence-corrected chi connectivity index (χ1v) is 6.66. The number of allylic oxidation sites excluding steroid dienone is 3. The maximum absolute atomic E-state index is 12.4. The van der Waals surface area contributed by atoms with Crippen LogP contribution < -0.4 is 0 Å². The van der Waals surface area contributed by atoms with Crippen LogP contribution in [0.1, 0.15) is 22.8 Å². The normalized spacial score (nSPS) is 15.7. The van der Waals surface area contributed by atoms with Crippen LogP contribution in [0.3, 0.4) is 0 Å². The molecule has 1 aliphatic rings. The van der Waals surface area contributed by atoms with E-state index in [1.807, 2.05) is 25.1 Å². The van der Waals surface area contributed by atoms with Crippen LogP contribution in [-0.4, -0.2) is 27.9 Å². The number of nitrogens with zero attached hydrogens (tertiary/aromatic N) is 1. The van der Waals surface area contributed by atoms with E-state index in [0.717, 1.165) is 5.56 Å². The first kappa shape index (κ1) is 14.8. The molecule has 0 unspecified atom stereocenters. The molecular weight excluding hydrogens is 266 g/mol. The minimum absolute atomic E-state index is 0.265. The maximum atomic E-state index is 12.4. The highest BCUT2D eigenvalue weighted by atomic mass is 16.4. The van der Waals surface area contributed by atoms with Crippen LogP contribution in [0.4, 0.5) is 0 Å². The van der Waals surface area contributed by atoms with E-state index >= 15 is 0 Å². The van der Waals surface area contributed by atoms with Gasteiger partial charge in [0.2, 0.25) is 0 Å². The van der Waals surface area contributed by atoms with Crippen LogP contribution >= 0.6 is 0 Å². The third-order valence-electron chi connectivity index (χ3n) is 3.36. The van der Waals surface area contributed by atoms with Crippen molar-refractivity contribution in [1.29, 1.82) is 0 Å². The molecule has 0 aromatic heterocycles. The second kappa shape index (κ2) is 6.22. The van der Waals surface area contributed by atoms with Gasteiger partial charge in [0.15, 0.2) is 6.04 Å². The van der Waals surface area contributed by atoms with Gasteiger partial charge in [-0.05, 0) is 24.1 Å². The second-order valence-corrected chi connectivity index (χ2v) is 4.79. The summed E-state index contributed by atoms with van der Waals surface area (Å²) in [5, 5.41) is 9.45. The molecule has 0 saturated heterocycles. The number of carboxylic acids is 1. The van der Waals surface area contributed by atoms with Gasteiger partial charge >= 0.3 is 5.97 Å². The van der Waals surface area contributed by atoms with Gasteiger partial charge in [0, 0.05) is 12.1 Å². The fourth-order valence-corrected chi connectivity index (χ4v) is 2.36. The fraction of sp³-hybridized carbons (Fsp3) is 0.176. The van der Waals surface area contributed by atoms with Crippen LogP contribution in [-0.2, 0) is 11.3 Å². The third-order valence-corrected chi connectivity index (χ3v) is 3.36. The molecular formula is C17H17NO3. The molecule has 1 aliphatic heterocycles. The first-order valence-electron chi connectivity index (χ1n) is 6.66. The number of rotatable bonds is 5. The highest BCUT2D eigenvalue weighted by molar-refractivity contribution is 6.01. The lowest BCUT2D eigenvalue weighted by molar-refractivity contribution is -0.140. The van der Waals surface area contributed by atoms with Crippen LogP contribution in [0.15, 0.2) is 60.7 Å². The molecule has 1 N–H and O–H groups in total. The largest absolute Gasteiger partial charge is 0.479 e. The zero-order chi connectivity index (χ0) is 15.4. The Morgan fingerprint density at radius 1 is 1.38 bits per heavy atom. The van der Waals surface area contributed by atoms with Crippen molar-refractivity contribution >= 4 is 11.9 Å². The summed E-state index contributed by atoms with van der Waals surface area (Å²) in [6.45, 7) is 5.95. The van der Waals surface area contributed by atoms with E-state index in [0.29, 0.717) is 17.7 Å². The predicted octanol–water partition coefficient (Wildman–Crippen LogP) is 2.78. The molecule has 2 rings (SSSR count). The molecule has 0 fully saturated rings. The van der Waals surface area contributed by atoms with Gasteiger partial charge in [-0.3, -0.25) is 4.79 Å². The lowest BCUT2D eigenvalue weighted by atomic mass is 10.1. The fourth-order valence-electron chi connectivity index (χ4n) is 2.36. The van der Waals surface area contributed by atoms with Crippen molar-refractivity contribution in [1.82, 2.24) is 4.90 Å². The number of hydrogen-bond acceptors (Lipinski definition) is 2. The minimum Gasteiger partial charge on any atom is -0.479 e. The molecule has 1 aromatic rings. The van der Waals surface area contributed by atoms with E-state index in [4.69, 9.17) is 0 Å². The number of hydrogen-bond donors (Lipinski definition) is 1. The van der Waals surface area contributed by atoms with E-state index in [2.05, 4.69) is 6.58 Å². The lowest BCUT2D eigenvalue weighted by Crippen LogP contribution is -2.42. The van der Waals surface area contributed by atoms with Gasteiger partial charge in [-0.15, -0.1) is 0 Å². The van der Waals surface area contributed by atoms with Gasteiger partial charge in [0.1, 0.15) is 0 Å². The van der Waals surface area contributed by atoms with Crippen molar-refractivity contribution in [2.24, 2.45) is 0 Å². The number of carboxylic acid groups (broad SMARTS) is 1. The topological polar surface area (TPSA) is 57.6 Å². The quantitative estimate of drug-likeness (QED) is 0.845. The Morgan fingerprint density at radius 2 is 2.10 bits per heavy atom. The van der Waals surface area contributed by atoms with Gasteiger partial charge in [-0.25, -0.2) is 4.79 Å². The first-order chi connectivity index (χ1) is 10.1. The third kappa shape index (κ3) is 2.94. The van der Waals surface area contributed by atoms with Crippen LogP contribution in [0.5, 0.6) is 0 Å². The van der Waals surface area contributed by atoms with Gasteiger partial charge in [-0.2, -0.15) is 0 Å². The van der Waals surface area contributed by atoms with Crippen molar-refractivity contribution < 1.29 is 14.7 Å². The highest BCUT2D eigenvalue weighted by Crippen LogP contribution is 2.26.